The van der Waals surface area contributed by atoms with Crippen molar-refractivity contribution in [2.75, 3.05) is 27.2 Å². The molecule has 0 aromatic heterocycles. The third-order valence-electron chi connectivity index (χ3n) is 6.01. The van der Waals surface area contributed by atoms with Gasteiger partial charge in [0.05, 0.1) is 5.60 Å². The molecule has 0 radical (unpaired) electrons. The Labute approximate surface area is 123 Å². The number of rotatable bonds is 4. The van der Waals surface area contributed by atoms with Gasteiger partial charge in [-0.15, -0.1) is 0 Å². The number of nitrogens with one attached hydrogen (secondary N) is 1. The third kappa shape index (κ3) is 2.60. The monoisotopic (exact) mass is 282 g/mol. The number of hydrogen-bond donors (Lipinski definition) is 1. The van der Waals surface area contributed by atoms with Gasteiger partial charge in [-0.2, -0.15) is 0 Å². The van der Waals surface area contributed by atoms with E-state index in [1.54, 1.807) is 7.11 Å². The van der Waals surface area contributed by atoms with Crippen LogP contribution in [0.5, 0.6) is 0 Å². The van der Waals surface area contributed by atoms with Crippen molar-refractivity contribution in [3.05, 3.63) is 0 Å². The van der Waals surface area contributed by atoms with Crippen molar-refractivity contribution in [1.82, 2.24) is 10.2 Å². The van der Waals surface area contributed by atoms with E-state index in [9.17, 15) is 4.79 Å². The summed E-state index contributed by atoms with van der Waals surface area (Å²) in [4.78, 5) is 14.5. The molecule has 1 saturated carbocycles. The molecule has 1 N–H and O–H groups in total. The Hall–Kier alpha value is -0.610. The van der Waals surface area contributed by atoms with Crippen LogP contribution in [0, 0.1) is 11.3 Å². The number of ether oxygens (including phenoxy) is 1. The molecule has 0 bridgehead atoms. The lowest BCUT2D eigenvalue weighted by Crippen LogP contribution is -2.68. The summed E-state index contributed by atoms with van der Waals surface area (Å²) in [5.74, 6) is 0.858. The topological polar surface area (TPSA) is 41.6 Å². The van der Waals surface area contributed by atoms with Crippen molar-refractivity contribution >= 4 is 5.91 Å². The molecule has 2 rings (SSSR count). The van der Waals surface area contributed by atoms with Gasteiger partial charge in [-0.25, -0.2) is 0 Å². The molecule has 2 atom stereocenters. The van der Waals surface area contributed by atoms with E-state index in [1.807, 2.05) is 11.9 Å². The second kappa shape index (κ2) is 5.64. The summed E-state index contributed by atoms with van der Waals surface area (Å²) in [5, 5.41) is 3.35. The van der Waals surface area contributed by atoms with Crippen LogP contribution in [-0.2, 0) is 9.53 Å². The molecule has 2 fully saturated rings. The first-order chi connectivity index (χ1) is 9.32. The Morgan fingerprint density at radius 2 is 1.90 bits per heavy atom. The lowest BCUT2D eigenvalue weighted by molar-refractivity contribution is -0.207. The molecule has 1 saturated heterocycles. The highest BCUT2D eigenvalue weighted by atomic mass is 16.5. The van der Waals surface area contributed by atoms with Crippen LogP contribution in [-0.4, -0.2) is 49.7 Å². The highest BCUT2D eigenvalue weighted by molar-refractivity contribution is 5.76. The summed E-state index contributed by atoms with van der Waals surface area (Å²) in [6.07, 6.45) is 3.90. The van der Waals surface area contributed by atoms with Gasteiger partial charge in [0.2, 0.25) is 5.91 Å². The van der Waals surface area contributed by atoms with Gasteiger partial charge in [0.25, 0.3) is 0 Å². The SMILES string of the molecule is CO[C@@]1(C)C[C@@H](N(C)C(=O)CC2CCNCC2)C1(C)C. The molecule has 0 aromatic rings. The number of piperidine rings is 1. The Bertz CT molecular complexity index is 363. The average Bonchev–Trinajstić information content (AvgIpc) is 2.44. The molecule has 0 unspecified atom stereocenters. The normalized spacial score (nSPS) is 33.5. The number of nitrogens with zero attached hydrogens (tertiary/aromatic N) is 1. The Morgan fingerprint density at radius 3 is 2.40 bits per heavy atom. The third-order valence-corrected chi connectivity index (χ3v) is 6.01. The van der Waals surface area contributed by atoms with Gasteiger partial charge in [-0.1, -0.05) is 13.8 Å². The number of carbonyl (C=O) groups excluding carboxylic acids is 1. The first-order valence-corrected chi connectivity index (χ1v) is 7.83. The first-order valence-electron chi connectivity index (χ1n) is 7.83. The second-order valence-electron chi connectivity index (χ2n) is 7.28. The minimum absolute atomic E-state index is 0.0142. The highest BCUT2D eigenvalue weighted by Gasteiger charge is 2.59. The lowest BCUT2D eigenvalue weighted by Gasteiger charge is -2.61. The van der Waals surface area contributed by atoms with Crippen molar-refractivity contribution in [3.8, 4) is 0 Å². The van der Waals surface area contributed by atoms with Gasteiger partial charge >= 0.3 is 0 Å². The molecule has 1 amide bonds. The quantitative estimate of drug-likeness (QED) is 0.858. The van der Waals surface area contributed by atoms with E-state index in [2.05, 4.69) is 26.1 Å². The fourth-order valence-corrected chi connectivity index (χ4v) is 3.73. The Kier molecular flexibility index (Phi) is 4.45. The maximum atomic E-state index is 12.5. The fourth-order valence-electron chi connectivity index (χ4n) is 3.73. The van der Waals surface area contributed by atoms with Crippen LogP contribution in [0.3, 0.4) is 0 Å². The number of amides is 1. The zero-order chi connectivity index (χ0) is 15.0. The van der Waals surface area contributed by atoms with E-state index >= 15 is 0 Å². The molecule has 20 heavy (non-hydrogen) atoms. The Balaban J connectivity index is 1.91. The van der Waals surface area contributed by atoms with Crippen LogP contribution >= 0.6 is 0 Å². The van der Waals surface area contributed by atoms with Gasteiger partial charge in [0.1, 0.15) is 0 Å². The van der Waals surface area contributed by atoms with Gasteiger partial charge < -0.3 is 15.0 Å². The summed E-state index contributed by atoms with van der Waals surface area (Å²) in [6.45, 7) is 8.67. The summed E-state index contributed by atoms with van der Waals surface area (Å²) >= 11 is 0. The zero-order valence-electron chi connectivity index (χ0n) is 13.7. The van der Waals surface area contributed by atoms with Crippen molar-refractivity contribution in [2.45, 2.75) is 58.1 Å². The lowest BCUT2D eigenvalue weighted by atomic mass is 9.55. The number of methoxy groups -OCH3 is 1. The largest absolute Gasteiger partial charge is 0.378 e. The smallest absolute Gasteiger partial charge is 0.222 e. The molecular formula is C16H30N2O2. The van der Waals surface area contributed by atoms with Gasteiger partial charge in [-0.05, 0) is 45.2 Å². The van der Waals surface area contributed by atoms with Crippen LogP contribution in [0.2, 0.25) is 0 Å². The van der Waals surface area contributed by atoms with E-state index in [0.29, 0.717) is 24.3 Å². The van der Waals surface area contributed by atoms with E-state index in [1.165, 1.54) is 0 Å². The molecule has 1 aliphatic heterocycles. The van der Waals surface area contributed by atoms with Gasteiger partial charge in [0, 0.05) is 32.0 Å². The highest BCUT2D eigenvalue weighted by Crippen LogP contribution is 2.53. The summed E-state index contributed by atoms with van der Waals surface area (Å²) in [5.41, 5.74) is -0.0960. The van der Waals surface area contributed by atoms with E-state index in [-0.39, 0.29) is 11.0 Å². The van der Waals surface area contributed by atoms with E-state index in [0.717, 1.165) is 32.4 Å². The van der Waals surface area contributed by atoms with Gasteiger partial charge in [0.15, 0.2) is 0 Å². The maximum absolute atomic E-state index is 12.5. The molecule has 4 nitrogen and oxygen atoms in total. The summed E-state index contributed by atoms with van der Waals surface area (Å²) in [7, 11) is 3.74. The average molecular weight is 282 g/mol. The molecule has 0 spiro atoms. The second-order valence-corrected chi connectivity index (χ2v) is 7.28. The van der Waals surface area contributed by atoms with Crippen molar-refractivity contribution in [1.29, 1.82) is 0 Å². The first kappa shape index (κ1) is 15.8. The molecule has 1 heterocycles. The minimum atomic E-state index is -0.110. The predicted octanol–water partition coefficient (Wildman–Crippen LogP) is 2.04. The van der Waals surface area contributed by atoms with Crippen LogP contribution in [0.25, 0.3) is 0 Å². The van der Waals surface area contributed by atoms with E-state index < -0.39 is 0 Å². The maximum Gasteiger partial charge on any atom is 0.222 e. The molecule has 1 aliphatic carbocycles. The molecule has 4 heteroatoms. The van der Waals surface area contributed by atoms with Crippen LogP contribution < -0.4 is 5.32 Å². The summed E-state index contributed by atoms with van der Waals surface area (Å²) < 4.78 is 5.65. The molecule has 0 aromatic carbocycles. The van der Waals surface area contributed by atoms with Crippen LogP contribution in [0.15, 0.2) is 0 Å². The predicted molar refractivity (Wildman–Crippen MR) is 80.6 cm³/mol. The van der Waals surface area contributed by atoms with Crippen molar-refractivity contribution in [3.63, 3.8) is 0 Å². The fraction of sp³-hybridized carbons (Fsp3) is 0.938. The minimum Gasteiger partial charge on any atom is -0.378 e. The van der Waals surface area contributed by atoms with Crippen LogP contribution in [0.4, 0.5) is 0 Å². The summed E-state index contributed by atoms with van der Waals surface area (Å²) in [6, 6.07) is 0.293. The Morgan fingerprint density at radius 1 is 1.30 bits per heavy atom. The number of carbonyl (C=O) groups is 1. The van der Waals surface area contributed by atoms with Gasteiger partial charge in [-0.3, -0.25) is 4.79 Å². The van der Waals surface area contributed by atoms with Crippen molar-refractivity contribution < 1.29 is 9.53 Å². The van der Waals surface area contributed by atoms with E-state index in [4.69, 9.17) is 4.74 Å². The zero-order valence-corrected chi connectivity index (χ0v) is 13.7. The molecule has 2 aliphatic rings. The standard InChI is InChI=1S/C16H30N2O2/c1-15(2)13(11-16(15,3)20-5)18(4)14(19)10-12-6-8-17-9-7-12/h12-13,17H,6-11H2,1-5H3/t13-,16+/m1/s1. The number of hydrogen-bond acceptors (Lipinski definition) is 3. The molecule has 116 valence electrons. The van der Waals surface area contributed by atoms with Crippen LogP contribution in [0.1, 0.15) is 46.5 Å². The molecular weight excluding hydrogens is 252 g/mol. The van der Waals surface area contributed by atoms with Crippen molar-refractivity contribution in [2.24, 2.45) is 11.3 Å².